The van der Waals surface area contributed by atoms with Gasteiger partial charge in [0.25, 0.3) is 0 Å². The second-order valence-electron chi connectivity index (χ2n) is 5.36. The van der Waals surface area contributed by atoms with Crippen molar-refractivity contribution in [2.75, 3.05) is 12.4 Å². The zero-order valence-electron chi connectivity index (χ0n) is 13.7. The van der Waals surface area contributed by atoms with Crippen molar-refractivity contribution < 1.29 is 14.3 Å². The number of benzene rings is 1. The molecule has 2 aromatic rings. The van der Waals surface area contributed by atoms with Crippen molar-refractivity contribution in [1.29, 1.82) is 0 Å². The number of imidazole rings is 1. The quantitative estimate of drug-likeness (QED) is 0.637. The van der Waals surface area contributed by atoms with Gasteiger partial charge in [-0.1, -0.05) is 23.2 Å². The van der Waals surface area contributed by atoms with Crippen molar-refractivity contribution in [2.45, 2.75) is 25.4 Å². The van der Waals surface area contributed by atoms with Gasteiger partial charge in [0, 0.05) is 24.0 Å². The summed E-state index contributed by atoms with van der Waals surface area (Å²) in [6.45, 7) is 1.67. The van der Waals surface area contributed by atoms with Crippen molar-refractivity contribution >= 4 is 40.8 Å². The summed E-state index contributed by atoms with van der Waals surface area (Å²) < 4.78 is 4.75. The Morgan fingerprint density at radius 1 is 1.32 bits per heavy atom. The molecule has 1 heterocycles. The lowest BCUT2D eigenvalue weighted by molar-refractivity contribution is -0.145. The molecule has 0 saturated carbocycles. The molecule has 0 aliphatic rings. The van der Waals surface area contributed by atoms with Crippen molar-refractivity contribution in [1.82, 2.24) is 15.3 Å². The molecule has 2 unspecified atom stereocenters. The van der Waals surface area contributed by atoms with Gasteiger partial charge in [-0.2, -0.15) is 0 Å². The molecule has 1 aromatic heterocycles. The number of hydrogen-bond donors (Lipinski definition) is 3. The smallest absolute Gasteiger partial charge is 0.328 e. The van der Waals surface area contributed by atoms with Gasteiger partial charge in [0.2, 0.25) is 5.91 Å². The van der Waals surface area contributed by atoms with Crippen LogP contribution in [-0.2, 0) is 20.7 Å². The molecular formula is C16H18Cl2N4O3. The van der Waals surface area contributed by atoms with Crippen LogP contribution in [0.15, 0.2) is 30.7 Å². The van der Waals surface area contributed by atoms with Gasteiger partial charge < -0.3 is 20.4 Å². The molecule has 0 radical (unpaired) electrons. The summed E-state index contributed by atoms with van der Waals surface area (Å²) in [4.78, 5) is 31.1. The van der Waals surface area contributed by atoms with Crippen molar-refractivity contribution in [3.63, 3.8) is 0 Å². The number of halogens is 2. The number of ether oxygens (including phenoxy) is 1. The molecular weight excluding hydrogens is 367 g/mol. The molecule has 9 heteroatoms. The SMILES string of the molecule is COC(=O)C(Cc1cnc[nH]1)NC(=O)C(C)Nc1ccc(Cl)c(Cl)c1. The maximum Gasteiger partial charge on any atom is 0.328 e. The fourth-order valence-electron chi connectivity index (χ4n) is 2.15. The molecule has 25 heavy (non-hydrogen) atoms. The van der Waals surface area contributed by atoms with E-state index in [4.69, 9.17) is 27.9 Å². The summed E-state index contributed by atoms with van der Waals surface area (Å²) in [5, 5.41) is 6.48. The first kappa shape index (κ1) is 19.1. The van der Waals surface area contributed by atoms with Gasteiger partial charge in [0.15, 0.2) is 0 Å². The van der Waals surface area contributed by atoms with E-state index in [2.05, 4.69) is 20.6 Å². The topological polar surface area (TPSA) is 96.1 Å². The van der Waals surface area contributed by atoms with E-state index in [1.54, 1.807) is 31.3 Å². The summed E-state index contributed by atoms with van der Waals surface area (Å²) in [5.41, 5.74) is 1.35. The Bertz CT molecular complexity index is 737. The van der Waals surface area contributed by atoms with Gasteiger partial charge in [0.1, 0.15) is 12.1 Å². The van der Waals surface area contributed by atoms with E-state index in [0.29, 0.717) is 21.4 Å². The van der Waals surface area contributed by atoms with Crippen LogP contribution in [0.5, 0.6) is 0 Å². The molecule has 134 valence electrons. The predicted octanol–water partition coefficient (Wildman–Crippen LogP) is 2.42. The molecule has 0 aliphatic heterocycles. The fraction of sp³-hybridized carbons (Fsp3) is 0.312. The van der Waals surface area contributed by atoms with Gasteiger partial charge >= 0.3 is 5.97 Å². The van der Waals surface area contributed by atoms with Gasteiger partial charge in [-0.15, -0.1) is 0 Å². The summed E-state index contributed by atoms with van der Waals surface area (Å²) in [5.74, 6) is -0.898. The van der Waals surface area contributed by atoms with E-state index in [-0.39, 0.29) is 12.3 Å². The van der Waals surface area contributed by atoms with E-state index in [0.717, 1.165) is 0 Å². The minimum Gasteiger partial charge on any atom is -0.467 e. The van der Waals surface area contributed by atoms with Gasteiger partial charge in [-0.05, 0) is 25.1 Å². The number of rotatable bonds is 7. The predicted molar refractivity (Wildman–Crippen MR) is 95.8 cm³/mol. The number of H-pyrrole nitrogens is 1. The molecule has 1 aromatic carbocycles. The minimum absolute atomic E-state index is 0.248. The van der Waals surface area contributed by atoms with Crippen LogP contribution in [0.1, 0.15) is 12.6 Å². The van der Waals surface area contributed by atoms with Crippen LogP contribution in [0.2, 0.25) is 10.0 Å². The first-order valence-corrected chi connectivity index (χ1v) is 8.23. The Morgan fingerprint density at radius 2 is 2.08 bits per heavy atom. The largest absolute Gasteiger partial charge is 0.467 e. The first-order chi connectivity index (χ1) is 11.9. The number of amides is 1. The number of carbonyl (C=O) groups excluding carboxylic acids is 2. The van der Waals surface area contributed by atoms with E-state index in [1.165, 1.54) is 13.4 Å². The molecule has 0 spiro atoms. The molecule has 0 saturated heterocycles. The van der Waals surface area contributed by atoms with Gasteiger partial charge in [0.05, 0.1) is 23.5 Å². The average molecular weight is 385 g/mol. The highest BCUT2D eigenvalue weighted by molar-refractivity contribution is 6.42. The fourth-order valence-corrected chi connectivity index (χ4v) is 2.45. The second-order valence-corrected chi connectivity index (χ2v) is 6.17. The van der Waals surface area contributed by atoms with Crippen LogP contribution in [0, 0.1) is 0 Å². The summed E-state index contributed by atoms with van der Waals surface area (Å²) in [7, 11) is 1.27. The van der Waals surface area contributed by atoms with Crippen molar-refractivity contribution in [3.8, 4) is 0 Å². The van der Waals surface area contributed by atoms with Gasteiger partial charge in [-0.3, -0.25) is 4.79 Å². The van der Waals surface area contributed by atoms with Crippen LogP contribution in [0.3, 0.4) is 0 Å². The number of anilines is 1. The molecule has 0 bridgehead atoms. The van der Waals surface area contributed by atoms with E-state index >= 15 is 0 Å². The Hall–Kier alpha value is -2.25. The highest BCUT2D eigenvalue weighted by Crippen LogP contribution is 2.25. The van der Waals surface area contributed by atoms with E-state index in [1.807, 2.05) is 0 Å². The van der Waals surface area contributed by atoms with Crippen LogP contribution >= 0.6 is 23.2 Å². The highest BCUT2D eigenvalue weighted by atomic mass is 35.5. The highest BCUT2D eigenvalue weighted by Gasteiger charge is 2.25. The van der Waals surface area contributed by atoms with Crippen LogP contribution in [0.4, 0.5) is 5.69 Å². The summed E-state index contributed by atoms with van der Waals surface area (Å²) in [6.07, 6.45) is 3.33. The second kappa shape index (κ2) is 8.73. The van der Waals surface area contributed by atoms with E-state index < -0.39 is 18.1 Å². The number of methoxy groups -OCH3 is 1. The number of carbonyl (C=O) groups is 2. The molecule has 1 amide bonds. The third-order valence-corrected chi connectivity index (χ3v) is 4.22. The Kier molecular flexibility index (Phi) is 6.66. The third kappa shape index (κ3) is 5.37. The van der Waals surface area contributed by atoms with Gasteiger partial charge in [-0.25, -0.2) is 9.78 Å². The number of esters is 1. The van der Waals surface area contributed by atoms with Crippen LogP contribution in [-0.4, -0.2) is 41.0 Å². The molecule has 0 fully saturated rings. The number of nitrogens with one attached hydrogen (secondary N) is 3. The lowest BCUT2D eigenvalue weighted by atomic mass is 10.1. The van der Waals surface area contributed by atoms with Crippen LogP contribution in [0.25, 0.3) is 0 Å². The van der Waals surface area contributed by atoms with Crippen molar-refractivity contribution in [3.05, 3.63) is 46.5 Å². The zero-order valence-corrected chi connectivity index (χ0v) is 15.2. The monoisotopic (exact) mass is 384 g/mol. The minimum atomic E-state index is -0.823. The number of aromatic nitrogens is 2. The normalized spacial score (nSPS) is 13.0. The molecule has 2 atom stereocenters. The lowest BCUT2D eigenvalue weighted by Crippen LogP contribution is -2.48. The van der Waals surface area contributed by atoms with Crippen molar-refractivity contribution in [2.24, 2.45) is 0 Å². The average Bonchev–Trinajstić information content (AvgIpc) is 3.09. The third-order valence-electron chi connectivity index (χ3n) is 3.48. The standard InChI is InChI=1S/C16H18Cl2N4O3/c1-9(21-10-3-4-12(17)13(18)5-10)15(23)22-14(16(24)25-2)6-11-7-19-8-20-11/h3-5,7-9,14,21H,6H2,1-2H3,(H,19,20)(H,22,23). The number of aromatic amines is 1. The maximum atomic E-state index is 12.4. The Morgan fingerprint density at radius 3 is 2.68 bits per heavy atom. The Labute approximate surface area is 155 Å². The molecule has 0 aliphatic carbocycles. The van der Waals surface area contributed by atoms with Crippen LogP contribution < -0.4 is 10.6 Å². The van der Waals surface area contributed by atoms with E-state index in [9.17, 15) is 9.59 Å². The molecule has 3 N–H and O–H groups in total. The molecule has 7 nitrogen and oxygen atoms in total. The number of hydrogen-bond acceptors (Lipinski definition) is 5. The Balaban J connectivity index is 2.00. The first-order valence-electron chi connectivity index (χ1n) is 7.47. The number of nitrogens with zero attached hydrogens (tertiary/aromatic N) is 1. The molecule has 2 rings (SSSR count). The summed E-state index contributed by atoms with van der Waals surface area (Å²) >= 11 is 11.8. The lowest BCUT2D eigenvalue weighted by Gasteiger charge is -2.20. The maximum absolute atomic E-state index is 12.4. The summed E-state index contributed by atoms with van der Waals surface area (Å²) in [6, 6.07) is 3.53. The zero-order chi connectivity index (χ0) is 18.4.